The van der Waals surface area contributed by atoms with Gasteiger partial charge in [-0.3, -0.25) is 4.68 Å². The number of benzene rings is 1. The topological polar surface area (TPSA) is 39.1 Å². The number of nitrogens with one attached hydrogen (secondary N) is 1. The molecule has 1 N–H and O–H groups in total. The molecule has 4 nitrogen and oxygen atoms in total. The Kier molecular flexibility index (Phi) is 5.02. The average Bonchev–Trinajstić information content (AvgIpc) is 2.75. The Labute approximate surface area is 127 Å². The first-order chi connectivity index (χ1) is 10.0. The summed E-state index contributed by atoms with van der Waals surface area (Å²) >= 11 is 0. The third kappa shape index (κ3) is 3.64. The maximum atomic E-state index is 5.97. The molecule has 0 fully saturated rings. The third-order valence-corrected chi connectivity index (χ3v) is 3.33. The van der Waals surface area contributed by atoms with E-state index in [4.69, 9.17) is 4.74 Å². The van der Waals surface area contributed by atoms with Gasteiger partial charge in [-0.25, -0.2) is 0 Å². The van der Waals surface area contributed by atoms with Crippen LogP contribution in [0.1, 0.15) is 43.8 Å². The van der Waals surface area contributed by atoms with Crippen LogP contribution in [0.15, 0.2) is 30.3 Å². The summed E-state index contributed by atoms with van der Waals surface area (Å²) in [7, 11) is 1.98. The number of hydrogen-bond acceptors (Lipinski definition) is 3. The molecular formula is C17H25N3O. The van der Waals surface area contributed by atoms with Crippen LogP contribution in [0.3, 0.4) is 0 Å². The highest BCUT2D eigenvalue weighted by molar-refractivity contribution is 5.40. The molecule has 1 heterocycles. The number of aryl methyl sites for hydroxylation is 2. The third-order valence-electron chi connectivity index (χ3n) is 3.33. The maximum Gasteiger partial charge on any atom is 0.124 e. The van der Waals surface area contributed by atoms with E-state index < -0.39 is 0 Å². The normalized spacial score (nSPS) is 12.7. The Hall–Kier alpha value is -1.81. The van der Waals surface area contributed by atoms with E-state index in [1.54, 1.807) is 0 Å². The number of aromatic nitrogens is 2. The number of nitrogens with zero attached hydrogens (tertiary/aromatic N) is 2. The van der Waals surface area contributed by atoms with Gasteiger partial charge in [0.25, 0.3) is 0 Å². The van der Waals surface area contributed by atoms with Crippen molar-refractivity contribution in [2.45, 2.75) is 39.8 Å². The summed E-state index contributed by atoms with van der Waals surface area (Å²) in [6.45, 7) is 9.11. The van der Waals surface area contributed by atoms with E-state index >= 15 is 0 Å². The molecule has 1 aromatic heterocycles. The van der Waals surface area contributed by atoms with Gasteiger partial charge in [0.1, 0.15) is 5.75 Å². The van der Waals surface area contributed by atoms with Crippen molar-refractivity contribution in [2.75, 3.05) is 6.54 Å². The molecule has 0 saturated carbocycles. The Morgan fingerprint density at radius 1 is 1.29 bits per heavy atom. The second kappa shape index (κ2) is 6.76. The highest BCUT2D eigenvalue weighted by Gasteiger charge is 2.21. The quantitative estimate of drug-likeness (QED) is 0.886. The predicted molar refractivity (Wildman–Crippen MR) is 85.7 cm³/mol. The molecule has 0 amide bonds. The lowest BCUT2D eigenvalue weighted by Crippen LogP contribution is -2.25. The Morgan fingerprint density at radius 3 is 2.57 bits per heavy atom. The van der Waals surface area contributed by atoms with Gasteiger partial charge in [-0.1, -0.05) is 25.1 Å². The van der Waals surface area contributed by atoms with Crippen molar-refractivity contribution in [3.63, 3.8) is 0 Å². The molecule has 2 aromatic rings. The second-order valence-corrected chi connectivity index (χ2v) is 5.53. The van der Waals surface area contributed by atoms with Crippen LogP contribution in [-0.4, -0.2) is 22.4 Å². The van der Waals surface area contributed by atoms with Crippen molar-refractivity contribution in [3.8, 4) is 5.75 Å². The van der Waals surface area contributed by atoms with Crippen LogP contribution in [0.2, 0.25) is 0 Å². The molecule has 1 unspecified atom stereocenters. The van der Waals surface area contributed by atoms with E-state index in [-0.39, 0.29) is 12.1 Å². The molecule has 0 bridgehead atoms. The van der Waals surface area contributed by atoms with Gasteiger partial charge in [-0.15, -0.1) is 0 Å². The summed E-state index contributed by atoms with van der Waals surface area (Å²) in [4.78, 5) is 0. The summed E-state index contributed by atoms with van der Waals surface area (Å²) in [5, 5.41) is 8.01. The van der Waals surface area contributed by atoms with Crippen molar-refractivity contribution in [1.82, 2.24) is 15.1 Å². The second-order valence-electron chi connectivity index (χ2n) is 5.53. The predicted octanol–water partition coefficient (Wildman–Crippen LogP) is 3.21. The average molecular weight is 287 g/mol. The smallest absolute Gasteiger partial charge is 0.124 e. The van der Waals surface area contributed by atoms with Gasteiger partial charge in [0.15, 0.2) is 0 Å². The molecule has 0 aliphatic rings. The van der Waals surface area contributed by atoms with E-state index in [9.17, 15) is 0 Å². The van der Waals surface area contributed by atoms with Crippen molar-refractivity contribution in [2.24, 2.45) is 7.05 Å². The van der Waals surface area contributed by atoms with Crippen LogP contribution >= 0.6 is 0 Å². The van der Waals surface area contributed by atoms with Gasteiger partial charge < -0.3 is 10.1 Å². The van der Waals surface area contributed by atoms with Gasteiger partial charge >= 0.3 is 0 Å². The van der Waals surface area contributed by atoms with Crippen molar-refractivity contribution in [3.05, 3.63) is 47.3 Å². The van der Waals surface area contributed by atoms with Crippen LogP contribution in [-0.2, 0) is 7.05 Å². The van der Waals surface area contributed by atoms with Crippen molar-refractivity contribution in [1.29, 1.82) is 0 Å². The highest BCUT2D eigenvalue weighted by Crippen LogP contribution is 2.30. The van der Waals surface area contributed by atoms with Crippen LogP contribution in [0.25, 0.3) is 0 Å². The lowest BCUT2D eigenvalue weighted by molar-refractivity contribution is 0.238. The van der Waals surface area contributed by atoms with Crippen LogP contribution < -0.4 is 10.1 Å². The molecule has 0 saturated heterocycles. The number of hydrogen-bond donors (Lipinski definition) is 1. The summed E-state index contributed by atoms with van der Waals surface area (Å²) < 4.78 is 7.91. The summed E-state index contributed by atoms with van der Waals surface area (Å²) in [5.41, 5.74) is 3.32. The maximum absolute atomic E-state index is 5.97. The van der Waals surface area contributed by atoms with Gasteiger partial charge in [0, 0.05) is 12.6 Å². The molecule has 114 valence electrons. The van der Waals surface area contributed by atoms with E-state index in [2.05, 4.69) is 35.5 Å². The fourth-order valence-electron chi connectivity index (χ4n) is 2.56. The summed E-state index contributed by atoms with van der Waals surface area (Å²) in [6.07, 6.45) is 0.154. The van der Waals surface area contributed by atoms with Crippen molar-refractivity contribution < 1.29 is 4.74 Å². The van der Waals surface area contributed by atoms with E-state index in [0.29, 0.717) is 0 Å². The first kappa shape index (κ1) is 15.6. The molecule has 4 heteroatoms. The Bertz CT molecular complexity index is 589. The molecule has 0 aliphatic heterocycles. The van der Waals surface area contributed by atoms with Gasteiger partial charge in [0.2, 0.25) is 0 Å². The van der Waals surface area contributed by atoms with Crippen LogP contribution in [0.5, 0.6) is 5.75 Å². The van der Waals surface area contributed by atoms with Crippen LogP contribution in [0, 0.1) is 6.92 Å². The van der Waals surface area contributed by atoms with Crippen molar-refractivity contribution >= 4 is 0 Å². The van der Waals surface area contributed by atoms with Gasteiger partial charge in [-0.05, 0) is 39.4 Å². The minimum absolute atomic E-state index is 0.0798. The Morgan fingerprint density at radius 2 is 2.00 bits per heavy atom. The first-order valence-electron chi connectivity index (χ1n) is 7.52. The zero-order valence-corrected chi connectivity index (χ0v) is 13.6. The molecule has 1 atom stereocenters. The zero-order chi connectivity index (χ0) is 15.4. The Balaban J connectivity index is 2.45. The number of rotatable bonds is 6. The number of ether oxygens (including phenoxy) is 1. The molecular weight excluding hydrogens is 262 g/mol. The standard InChI is InChI=1S/C17H25N3O/c1-6-18-17(15-11-13(4)19-20(15)5)14-9-7-8-10-16(14)21-12(2)3/h7-12,17-18H,6H2,1-5H3. The zero-order valence-electron chi connectivity index (χ0n) is 13.6. The van der Waals surface area contributed by atoms with Crippen LogP contribution in [0.4, 0.5) is 0 Å². The lowest BCUT2D eigenvalue weighted by atomic mass is 10.0. The van der Waals surface area contributed by atoms with Gasteiger partial charge in [0.05, 0.1) is 23.5 Å². The summed E-state index contributed by atoms with van der Waals surface area (Å²) in [6, 6.07) is 10.4. The molecule has 1 aromatic carbocycles. The van der Waals surface area contributed by atoms with E-state index in [1.807, 2.05) is 44.6 Å². The summed E-state index contributed by atoms with van der Waals surface area (Å²) in [5.74, 6) is 0.928. The minimum Gasteiger partial charge on any atom is -0.491 e. The monoisotopic (exact) mass is 287 g/mol. The minimum atomic E-state index is 0.0798. The van der Waals surface area contributed by atoms with E-state index in [0.717, 1.165) is 29.2 Å². The molecule has 0 radical (unpaired) electrons. The largest absolute Gasteiger partial charge is 0.491 e. The SMILES string of the molecule is CCNC(c1ccccc1OC(C)C)c1cc(C)nn1C. The lowest BCUT2D eigenvalue weighted by Gasteiger charge is -2.22. The van der Waals surface area contributed by atoms with Gasteiger partial charge in [-0.2, -0.15) is 5.10 Å². The fourth-order valence-corrected chi connectivity index (χ4v) is 2.56. The first-order valence-corrected chi connectivity index (χ1v) is 7.52. The van der Waals surface area contributed by atoms with E-state index in [1.165, 1.54) is 0 Å². The fraction of sp³-hybridized carbons (Fsp3) is 0.471. The number of para-hydroxylation sites is 1. The molecule has 0 aliphatic carbocycles. The molecule has 2 rings (SSSR count). The molecule has 21 heavy (non-hydrogen) atoms. The molecule has 0 spiro atoms. The highest BCUT2D eigenvalue weighted by atomic mass is 16.5.